The molecule has 0 fully saturated rings. The van der Waals surface area contributed by atoms with Gasteiger partial charge < -0.3 is 0 Å². The van der Waals surface area contributed by atoms with Crippen LogP contribution in [-0.4, -0.2) is 37.5 Å². The van der Waals surface area contributed by atoms with Crippen LogP contribution in [0.4, 0.5) is 0 Å². The van der Waals surface area contributed by atoms with Crippen LogP contribution in [0.1, 0.15) is 0 Å². The Morgan fingerprint density at radius 1 is 0.533 bits per heavy atom. The lowest BCUT2D eigenvalue weighted by Crippen LogP contribution is -2.05. The number of hydrogen-bond donors (Lipinski definition) is 0. The van der Waals surface area contributed by atoms with Crippen molar-refractivity contribution >= 4 is 32.7 Å². The quantitative estimate of drug-likeness (QED) is 0.733. The lowest BCUT2D eigenvalue weighted by Gasteiger charge is -2.02. The van der Waals surface area contributed by atoms with Crippen molar-refractivity contribution in [2.24, 2.45) is 0 Å². The van der Waals surface area contributed by atoms with E-state index in [9.17, 15) is 0 Å². The number of rotatable bonds is 3. The number of hydrogen-bond acceptors (Lipinski definition) is 0. The molecular formula is C12H21S3+3. The van der Waals surface area contributed by atoms with E-state index in [1.165, 1.54) is 14.7 Å². The van der Waals surface area contributed by atoms with Gasteiger partial charge in [-0.05, 0) is 0 Å². The summed E-state index contributed by atoms with van der Waals surface area (Å²) < 4.78 is 0. The Morgan fingerprint density at radius 2 is 0.733 bits per heavy atom. The summed E-state index contributed by atoms with van der Waals surface area (Å²) in [7, 11) is 1.13. The van der Waals surface area contributed by atoms with E-state index in [0.717, 1.165) is 0 Å². The van der Waals surface area contributed by atoms with E-state index in [1.54, 1.807) is 0 Å². The van der Waals surface area contributed by atoms with Crippen molar-refractivity contribution in [3.05, 3.63) is 18.2 Å². The van der Waals surface area contributed by atoms with Crippen molar-refractivity contribution < 1.29 is 0 Å². The van der Waals surface area contributed by atoms with Crippen LogP contribution in [0.3, 0.4) is 0 Å². The summed E-state index contributed by atoms with van der Waals surface area (Å²) in [5.41, 5.74) is 0. The van der Waals surface area contributed by atoms with Crippen LogP contribution in [0, 0.1) is 0 Å². The van der Waals surface area contributed by atoms with Gasteiger partial charge in [0.25, 0.3) is 0 Å². The van der Waals surface area contributed by atoms with E-state index >= 15 is 0 Å². The molecule has 0 bridgehead atoms. The summed E-state index contributed by atoms with van der Waals surface area (Å²) in [4.78, 5) is 4.56. The maximum atomic E-state index is 2.39. The predicted octanol–water partition coefficient (Wildman–Crippen LogP) is 2.40. The van der Waals surface area contributed by atoms with Gasteiger partial charge in [-0.2, -0.15) is 0 Å². The molecule has 0 saturated heterocycles. The molecule has 1 aromatic rings. The molecule has 0 aliphatic carbocycles. The molecule has 1 rings (SSSR count). The minimum Gasteiger partial charge on any atom is 0.0188 e. The van der Waals surface area contributed by atoms with Crippen LogP contribution in [0.2, 0.25) is 0 Å². The SMILES string of the molecule is C[S+](C)c1cc([S+](C)C)cc([S+](C)C)c1. The molecule has 84 valence electrons. The average Bonchev–Trinajstić information content (AvgIpc) is 2.16. The van der Waals surface area contributed by atoms with Crippen molar-refractivity contribution in [3.63, 3.8) is 0 Å². The molecule has 0 heterocycles. The Morgan fingerprint density at radius 3 is 0.867 bits per heavy atom. The highest BCUT2D eigenvalue weighted by atomic mass is 32.2. The van der Waals surface area contributed by atoms with Gasteiger partial charge in [0.2, 0.25) is 0 Å². The molecule has 0 atom stereocenters. The molecule has 0 spiro atoms. The first-order valence-corrected chi connectivity index (χ1v) is 10.9. The molecule has 0 aromatic heterocycles. The van der Waals surface area contributed by atoms with Crippen molar-refractivity contribution in [1.29, 1.82) is 0 Å². The first-order valence-electron chi connectivity index (χ1n) is 4.79. The second-order valence-corrected chi connectivity index (χ2v) is 10.4. The molecule has 15 heavy (non-hydrogen) atoms. The van der Waals surface area contributed by atoms with Gasteiger partial charge in [0.05, 0.1) is 0 Å². The van der Waals surface area contributed by atoms with Gasteiger partial charge in [0.1, 0.15) is 37.5 Å². The third-order valence-electron chi connectivity index (χ3n) is 2.27. The molecule has 0 N–H and O–H groups in total. The van der Waals surface area contributed by atoms with Gasteiger partial charge in [-0.25, -0.2) is 0 Å². The van der Waals surface area contributed by atoms with Crippen LogP contribution in [0.25, 0.3) is 0 Å². The second kappa shape index (κ2) is 5.55. The minimum atomic E-state index is 0.376. The Bertz CT molecular complexity index is 265. The van der Waals surface area contributed by atoms with Crippen molar-refractivity contribution in [3.8, 4) is 0 Å². The lowest BCUT2D eigenvalue weighted by molar-refractivity contribution is 1.22. The minimum absolute atomic E-state index is 0.376. The highest BCUT2D eigenvalue weighted by Gasteiger charge is 2.22. The Labute approximate surface area is 103 Å². The van der Waals surface area contributed by atoms with Gasteiger partial charge >= 0.3 is 0 Å². The zero-order valence-electron chi connectivity index (χ0n) is 10.5. The summed E-state index contributed by atoms with van der Waals surface area (Å²) in [5, 5.41) is 0. The van der Waals surface area contributed by atoms with Gasteiger partial charge in [-0.3, -0.25) is 0 Å². The molecule has 0 radical (unpaired) electrons. The van der Waals surface area contributed by atoms with Crippen LogP contribution >= 0.6 is 0 Å². The van der Waals surface area contributed by atoms with Gasteiger partial charge in [-0.1, -0.05) is 0 Å². The second-order valence-electron chi connectivity index (χ2n) is 4.09. The van der Waals surface area contributed by atoms with E-state index in [1.807, 2.05) is 0 Å². The third kappa shape index (κ3) is 3.65. The largest absolute Gasteiger partial charge is 0.164 e. The molecule has 3 heteroatoms. The van der Waals surface area contributed by atoms with Gasteiger partial charge in [0, 0.05) is 50.9 Å². The summed E-state index contributed by atoms with van der Waals surface area (Å²) in [6, 6.07) is 7.17. The predicted molar refractivity (Wildman–Crippen MR) is 78.9 cm³/mol. The standard InChI is InChI=1S/C12H21S3/c1-13(2)10-7-11(14(3)4)9-12(8-10)15(5)6/h7-9H,1-6H3/q+3. The smallest absolute Gasteiger partial charge is 0.0188 e. The van der Waals surface area contributed by atoms with Gasteiger partial charge in [0.15, 0.2) is 14.7 Å². The zero-order chi connectivity index (χ0) is 11.6. The monoisotopic (exact) mass is 261 g/mol. The topological polar surface area (TPSA) is 0 Å². The normalized spacial score (nSPS) is 11.8. The van der Waals surface area contributed by atoms with E-state index in [4.69, 9.17) is 0 Å². The lowest BCUT2D eigenvalue weighted by atomic mass is 10.4. The highest BCUT2D eigenvalue weighted by Crippen LogP contribution is 2.22. The Hall–Kier alpha value is 0.270. The van der Waals surface area contributed by atoms with Gasteiger partial charge in [-0.15, -0.1) is 0 Å². The molecular weight excluding hydrogens is 240 g/mol. The van der Waals surface area contributed by atoms with Crippen LogP contribution < -0.4 is 0 Å². The summed E-state index contributed by atoms with van der Waals surface area (Å²) in [5.74, 6) is 0. The molecule has 0 aliphatic rings. The first kappa shape index (κ1) is 13.3. The van der Waals surface area contributed by atoms with E-state index in [2.05, 4.69) is 55.7 Å². The van der Waals surface area contributed by atoms with E-state index < -0.39 is 0 Å². The fourth-order valence-corrected chi connectivity index (χ4v) is 3.65. The Kier molecular flexibility index (Phi) is 4.94. The maximum Gasteiger partial charge on any atom is 0.164 e. The fourth-order valence-electron chi connectivity index (χ4n) is 1.25. The molecule has 0 nitrogen and oxygen atoms in total. The Balaban J connectivity index is 3.20. The van der Waals surface area contributed by atoms with Crippen LogP contribution in [0.5, 0.6) is 0 Å². The summed E-state index contributed by atoms with van der Waals surface area (Å²) in [6.07, 6.45) is 13.8. The van der Waals surface area contributed by atoms with Crippen molar-refractivity contribution in [2.45, 2.75) is 14.7 Å². The van der Waals surface area contributed by atoms with Crippen LogP contribution in [0.15, 0.2) is 32.9 Å². The molecule has 0 unspecified atom stereocenters. The third-order valence-corrected chi connectivity index (χ3v) is 5.80. The first-order chi connectivity index (χ1) is 6.91. The van der Waals surface area contributed by atoms with E-state index in [0.29, 0.717) is 32.7 Å². The molecule has 0 aliphatic heterocycles. The fraction of sp³-hybridized carbons (Fsp3) is 0.500. The highest BCUT2D eigenvalue weighted by molar-refractivity contribution is 7.97. The summed E-state index contributed by atoms with van der Waals surface area (Å²) in [6.45, 7) is 0. The molecule has 0 amide bonds. The van der Waals surface area contributed by atoms with Crippen molar-refractivity contribution in [1.82, 2.24) is 0 Å². The van der Waals surface area contributed by atoms with E-state index in [-0.39, 0.29) is 0 Å². The average molecular weight is 262 g/mol. The molecule has 1 aromatic carbocycles. The van der Waals surface area contributed by atoms with Crippen molar-refractivity contribution in [2.75, 3.05) is 37.5 Å². The summed E-state index contributed by atoms with van der Waals surface area (Å²) >= 11 is 0. The number of benzene rings is 1. The van der Waals surface area contributed by atoms with Crippen LogP contribution in [-0.2, 0) is 32.7 Å². The maximum absolute atomic E-state index is 2.39. The molecule has 0 saturated carbocycles. The zero-order valence-corrected chi connectivity index (χ0v) is 12.9.